The molecule has 0 aliphatic carbocycles. The number of carboxylic acids is 1. The van der Waals surface area contributed by atoms with E-state index in [4.69, 9.17) is 35.7 Å². The standard InChI is InChI=1S/C43H49ClN4O6.CH2O2/c1-30-34(9-6-10-36(30)37-11-7-12-39(31(37)2)52-18-8-16-48-17-13-43(28-48,29-49)42(50)51)27-54-41-21-40(53-26-33-19-32(22-45)23-46-24-33)35(20-38(41)44)25-47-14-4-3-5-15-47;2-1-3/h6-7,9-12,19-21,23-24,49H,3-5,8,13-18,25-29H2,1-2H3,(H,50,51);1H,(H,2,3). The van der Waals surface area contributed by atoms with Crippen molar-refractivity contribution in [2.24, 2.45) is 5.41 Å². The Morgan fingerprint density at radius 3 is 2.33 bits per heavy atom. The summed E-state index contributed by atoms with van der Waals surface area (Å²) in [5.74, 6) is 1.11. The minimum Gasteiger partial charge on any atom is -0.493 e. The second-order valence-corrected chi connectivity index (χ2v) is 15.0. The first-order chi connectivity index (χ1) is 27.6. The highest BCUT2D eigenvalue weighted by Crippen LogP contribution is 2.37. The van der Waals surface area contributed by atoms with Crippen LogP contribution in [0.1, 0.15) is 65.5 Å². The molecule has 2 saturated heterocycles. The van der Waals surface area contributed by atoms with Crippen LogP contribution in [0.5, 0.6) is 17.2 Å². The normalized spacial score (nSPS) is 16.9. The number of nitriles is 1. The number of pyridine rings is 1. The van der Waals surface area contributed by atoms with Crippen molar-refractivity contribution in [3.8, 4) is 34.4 Å². The molecular weight excluding hydrogens is 748 g/mol. The molecule has 6 rings (SSSR count). The van der Waals surface area contributed by atoms with Crippen LogP contribution in [0, 0.1) is 30.6 Å². The summed E-state index contributed by atoms with van der Waals surface area (Å²) >= 11 is 6.87. The van der Waals surface area contributed by atoms with E-state index in [2.05, 4.69) is 52.9 Å². The van der Waals surface area contributed by atoms with Crippen LogP contribution in [0.2, 0.25) is 5.02 Å². The van der Waals surface area contributed by atoms with E-state index in [1.807, 2.05) is 30.3 Å². The van der Waals surface area contributed by atoms with Gasteiger partial charge in [-0.05, 0) is 105 Å². The number of aliphatic carboxylic acids is 1. The number of hydrogen-bond acceptors (Lipinski definition) is 10. The summed E-state index contributed by atoms with van der Waals surface area (Å²) in [6, 6.07) is 20.0. The Labute approximate surface area is 339 Å². The fourth-order valence-corrected chi connectivity index (χ4v) is 7.67. The average Bonchev–Trinajstić information content (AvgIpc) is 3.66. The molecule has 12 nitrogen and oxygen atoms in total. The van der Waals surface area contributed by atoms with Crippen LogP contribution in [0.15, 0.2) is 67.0 Å². The van der Waals surface area contributed by atoms with Gasteiger partial charge in [0.1, 0.15) is 41.9 Å². The quantitative estimate of drug-likeness (QED) is 0.0768. The van der Waals surface area contributed by atoms with Gasteiger partial charge in [0.2, 0.25) is 0 Å². The Kier molecular flexibility index (Phi) is 15.7. The third-order valence-electron chi connectivity index (χ3n) is 10.7. The molecule has 1 atom stereocenters. The molecule has 4 aromatic rings. The zero-order valence-electron chi connectivity index (χ0n) is 32.6. The molecule has 0 amide bonds. The molecule has 2 aliphatic heterocycles. The highest BCUT2D eigenvalue weighted by molar-refractivity contribution is 6.32. The summed E-state index contributed by atoms with van der Waals surface area (Å²) in [5, 5.41) is 36.0. The van der Waals surface area contributed by atoms with Crippen LogP contribution >= 0.6 is 11.6 Å². The van der Waals surface area contributed by atoms with Gasteiger partial charge in [-0.3, -0.25) is 19.5 Å². The molecule has 302 valence electrons. The lowest BCUT2D eigenvalue weighted by Crippen LogP contribution is -2.38. The average molecular weight is 799 g/mol. The molecule has 0 spiro atoms. The van der Waals surface area contributed by atoms with E-state index in [0.29, 0.717) is 61.4 Å². The molecule has 3 N–H and O–H groups in total. The second kappa shape index (κ2) is 20.8. The number of hydrogen-bond donors (Lipinski definition) is 3. The summed E-state index contributed by atoms with van der Waals surface area (Å²) in [6.07, 6.45) is 8.05. The number of carbonyl (C=O) groups is 2. The van der Waals surface area contributed by atoms with E-state index in [9.17, 15) is 20.3 Å². The van der Waals surface area contributed by atoms with E-state index >= 15 is 0 Å². The lowest BCUT2D eigenvalue weighted by Gasteiger charge is -2.27. The van der Waals surface area contributed by atoms with E-state index < -0.39 is 11.4 Å². The van der Waals surface area contributed by atoms with Crippen molar-refractivity contribution < 1.29 is 39.1 Å². The number of aliphatic hydroxyl groups is 1. The molecule has 3 aromatic carbocycles. The van der Waals surface area contributed by atoms with E-state index in [-0.39, 0.29) is 19.7 Å². The largest absolute Gasteiger partial charge is 0.493 e. The molecule has 0 bridgehead atoms. The third kappa shape index (κ3) is 11.2. The van der Waals surface area contributed by atoms with Gasteiger partial charge in [-0.15, -0.1) is 0 Å². The first kappa shape index (κ1) is 42.9. The zero-order valence-corrected chi connectivity index (χ0v) is 33.3. The number of likely N-dealkylation sites (tertiary alicyclic amines) is 2. The van der Waals surface area contributed by atoms with Crippen LogP contribution < -0.4 is 14.2 Å². The highest BCUT2D eigenvalue weighted by atomic mass is 35.5. The van der Waals surface area contributed by atoms with Crippen LogP contribution in [0.4, 0.5) is 0 Å². The molecule has 2 fully saturated rings. The summed E-state index contributed by atoms with van der Waals surface area (Å²) in [4.78, 5) is 28.7. The minimum absolute atomic E-state index is 0.250. The van der Waals surface area contributed by atoms with Gasteiger partial charge in [0.15, 0.2) is 0 Å². The Morgan fingerprint density at radius 1 is 0.912 bits per heavy atom. The van der Waals surface area contributed by atoms with Crippen LogP contribution in [0.25, 0.3) is 11.1 Å². The van der Waals surface area contributed by atoms with Gasteiger partial charge in [0.05, 0.1) is 23.8 Å². The van der Waals surface area contributed by atoms with E-state index in [0.717, 1.165) is 70.7 Å². The zero-order chi connectivity index (χ0) is 40.8. The maximum Gasteiger partial charge on any atom is 0.313 e. The topological polar surface area (TPSA) is 166 Å². The predicted molar refractivity (Wildman–Crippen MR) is 217 cm³/mol. The van der Waals surface area contributed by atoms with Crippen LogP contribution in [-0.2, 0) is 29.3 Å². The highest BCUT2D eigenvalue weighted by Gasteiger charge is 2.44. The third-order valence-corrected chi connectivity index (χ3v) is 11.0. The summed E-state index contributed by atoms with van der Waals surface area (Å²) in [7, 11) is 0. The van der Waals surface area contributed by atoms with Crippen molar-refractivity contribution in [3.05, 3.63) is 105 Å². The van der Waals surface area contributed by atoms with Gasteiger partial charge < -0.3 is 34.4 Å². The monoisotopic (exact) mass is 798 g/mol. The van der Waals surface area contributed by atoms with Crippen molar-refractivity contribution in [3.63, 3.8) is 0 Å². The maximum absolute atomic E-state index is 11.7. The molecule has 2 aliphatic rings. The number of ether oxygens (including phenoxy) is 3. The number of nitrogens with zero attached hydrogens (tertiary/aromatic N) is 4. The lowest BCUT2D eigenvalue weighted by molar-refractivity contribution is -0.150. The molecule has 57 heavy (non-hydrogen) atoms. The fraction of sp³-hybridized carbons (Fsp3) is 0.409. The number of piperidine rings is 1. The number of benzene rings is 3. The number of carboxylic acid groups (broad SMARTS) is 2. The van der Waals surface area contributed by atoms with Gasteiger partial charge in [-0.2, -0.15) is 5.26 Å². The Bertz CT molecular complexity index is 2030. The second-order valence-electron chi connectivity index (χ2n) is 14.6. The summed E-state index contributed by atoms with van der Waals surface area (Å²) < 4.78 is 19.0. The molecule has 0 saturated carbocycles. The number of aromatic nitrogens is 1. The van der Waals surface area contributed by atoms with Crippen molar-refractivity contribution >= 4 is 24.0 Å². The van der Waals surface area contributed by atoms with E-state index in [1.165, 1.54) is 25.5 Å². The Balaban J connectivity index is 0.00000200. The SMILES string of the molecule is Cc1c(COc2cc(OCc3cncc(C#N)c3)c(CN3CCCCC3)cc2Cl)cccc1-c1cccc(OCCCN2CCC(CO)(C(=O)O)C2)c1C.O=CO. The summed E-state index contributed by atoms with van der Waals surface area (Å²) in [6.45, 7) is 9.16. The Morgan fingerprint density at radius 2 is 1.63 bits per heavy atom. The molecule has 1 unspecified atom stereocenters. The number of rotatable bonds is 16. The fourth-order valence-electron chi connectivity index (χ4n) is 7.43. The first-order valence-electron chi connectivity index (χ1n) is 19.2. The predicted octanol–water partition coefficient (Wildman–Crippen LogP) is 7.27. The van der Waals surface area contributed by atoms with Crippen molar-refractivity contribution in [1.82, 2.24) is 14.8 Å². The van der Waals surface area contributed by atoms with Gasteiger partial charge in [0.25, 0.3) is 6.47 Å². The lowest BCUT2D eigenvalue weighted by atomic mass is 9.88. The minimum atomic E-state index is -1.06. The molecular formula is C44H51ClN4O8. The molecule has 0 radical (unpaired) electrons. The molecule has 3 heterocycles. The number of halogens is 1. The van der Waals surface area contributed by atoms with Crippen molar-refractivity contribution in [1.29, 1.82) is 5.26 Å². The van der Waals surface area contributed by atoms with Gasteiger partial charge in [-0.25, -0.2) is 0 Å². The van der Waals surface area contributed by atoms with Crippen molar-refractivity contribution in [2.75, 3.05) is 45.9 Å². The molecule has 13 heteroatoms. The Hall–Kier alpha value is -5.19. The van der Waals surface area contributed by atoms with Crippen LogP contribution in [0.3, 0.4) is 0 Å². The van der Waals surface area contributed by atoms with Gasteiger partial charge in [-0.1, -0.05) is 48.4 Å². The smallest absolute Gasteiger partial charge is 0.313 e. The van der Waals surface area contributed by atoms with Crippen molar-refractivity contribution in [2.45, 2.75) is 65.7 Å². The molecule has 1 aromatic heterocycles. The first-order valence-corrected chi connectivity index (χ1v) is 19.6. The maximum atomic E-state index is 11.7. The van der Waals surface area contributed by atoms with Crippen LogP contribution in [-0.4, -0.2) is 88.5 Å². The van der Waals surface area contributed by atoms with Gasteiger partial charge in [0, 0.05) is 49.2 Å². The van der Waals surface area contributed by atoms with E-state index in [1.54, 1.807) is 12.3 Å². The van der Waals surface area contributed by atoms with Gasteiger partial charge >= 0.3 is 5.97 Å². The number of aliphatic hydroxyl groups excluding tert-OH is 1. The summed E-state index contributed by atoms with van der Waals surface area (Å²) in [5.41, 5.74) is 6.55.